The molecule has 2 aromatic carbocycles. The largest absolute Gasteiger partial charge is 0.497 e. The number of fused-ring (bicyclic) bond motifs is 2. The Morgan fingerprint density at radius 1 is 1.04 bits per heavy atom. The lowest BCUT2D eigenvalue weighted by Crippen LogP contribution is -2.14. The number of furan rings is 1. The van der Waals surface area contributed by atoms with Crippen LogP contribution in [0.2, 0.25) is 0 Å². The van der Waals surface area contributed by atoms with Crippen LogP contribution < -0.4 is 10.4 Å². The molecule has 0 fully saturated rings. The number of carbonyl (C=O) groups excluding carboxylic acids is 1. The molecule has 5 nitrogen and oxygen atoms in total. The van der Waals surface area contributed by atoms with E-state index in [0.717, 1.165) is 5.39 Å². The zero-order valence-corrected chi connectivity index (χ0v) is 12.7. The molecular formula is C19H12O5. The molecule has 0 aliphatic rings. The van der Waals surface area contributed by atoms with Crippen molar-refractivity contribution in [2.75, 3.05) is 7.11 Å². The Hall–Kier alpha value is -3.34. The summed E-state index contributed by atoms with van der Waals surface area (Å²) in [5.74, 6) is 0.204. The number of rotatable bonds is 3. The van der Waals surface area contributed by atoms with Crippen molar-refractivity contribution in [1.82, 2.24) is 0 Å². The van der Waals surface area contributed by atoms with Crippen molar-refractivity contribution in [3.8, 4) is 5.75 Å². The molecule has 4 aromatic rings. The minimum Gasteiger partial charge on any atom is -0.497 e. The number of methoxy groups -OCH3 is 1. The third kappa shape index (κ3) is 2.18. The summed E-state index contributed by atoms with van der Waals surface area (Å²) in [5.41, 5.74) is -0.408. The molecule has 2 aromatic heterocycles. The molecule has 24 heavy (non-hydrogen) atoms. The van der Waals surface area contributed by atoms with Crippen LogP contribution in [-0.4, -0.2) is 12.9 Å². The fraction of sp³-hybridized carbons (Fsp3) is 0.0526. The van der Waals surface area contributed by atoms with E-state index in [1.807, 2.05) is 18.2 Å². The molecule has 118 valence electrons. The van der Waals surface area contributed by atoms with Gasteiger partial charge in [-0.15, -0.1) is 0 Å². The van der Waals surface area contributed by atoms with Crippen molar-refractivity contribution in [1.29, 1.82) is 0 Å². The van der Waals surface area contributed by atoms with Gasteiger partial charge in [-0.05, 0) is 18.2 Å². The SMILES string of the molecule is COc1ccc2cc(C(=O)c3occ4ccccc34)c(=O)oc2c1. The number of hydrogen-bond donors (Lipinski definition) is 0. The first-order chi connectivity index (χ1) is 11.7. The molecule has 4 rings (SSSR count). The van der Waals surface area contributed by atoms with Crippen molar-refractivity contribution in [2.24, 2.45) is 0 Å². The van der Waals surface area contributed by atoms with Gasteiger partial charge >= 0.3 is 5.63 Å². The Morgan fingerprint density at radius 2 is 1.88 bits per heavy atom. The molecule has 0 bridgehead atoms. The summed E-state index contributed by atoms with van der Waals surface area (Å²) in [6.07, 6.45) is 1.50. The average molecular weight is 320 g/mol. The topological polar surface area (TPSA) is 69.7 Å². The van der Waals surface area contributed by atoms with E-state index in [1.165, 1.54) is 19.4 Å². The second kappa shape index (κ2) is 5.38. The third-order valence-corrected chi connectivity index (χ3v) is 3.90. The first kappa shape index (κ1) is 14.3. The van der Waals surface area contributed by atoms with Gasteiger partial charge in [0.2, 0.25) is 5.78 Å². The highest BCUT2D eigenvalue weighted by Gasteiger charge is 2.21. The van der Waals surface area contributed by atoms with E-state index in [2.05, 4.69) is 0 Å². The highest BCUT2D eigenvalue weighted by atomic mass is 16.5. The molecule has 0 spiro atoms. The summed E-state index contributed by atoms with van der Waals surface area (Å²) in [7, 11) is 1.53. The van der Waals surface area contributed by atoms with E-state index in [1.54, 1.807) is 24.3 Å². The van der Waals surface area contributed by atoms with Crippen molar-refractivity contribution >= 4 is 27.5 Å². The van der Waals surface area contributed by atoms with Gasteiger partial charge in [0.1, 0.15) is 16.9 Å². The summed E-state index contributed by atoms with van der Waals surface area (Å²) in [6.45, 7) is 0. The van der Waals surface area contributed by atoms with Crippen LogP contribution in [0, 0.1) is 0 Å². The number of ether oxygens (including phenoxy) is 1. The monoisotopic (exact) mass is 320 g/mol. The van der Waals surface area contributed by atoms with E-state index in [0.29, 0.717) is 22.1 Å². The number of benzene rings is 2. The van der Waals surface area contributed by atoms with Gasteiger partial charge in [-0.25, -0.2) is 4.79 Å². The van der Waals surface area contributed by atoms with Gasteiger partial charge in [-0.1, -0.05) is 24.3 Å². The first-order valence-corrected chi connectivity index (χ1v) is 7.30. The van der Waals surface area contributed by atoms with Crippen LogP contribution in [0.4, 0.5) is 0 Å². The van der Waals surface area contributed by atoms with Gasteiger partial charge in [0.15, 0.2) is 5.76 Å². The highest BCUT2D eigenvalue weighted by molar-refractivity contribution is 6.15. The van der Waals surface area contributed by atoms with E-state index >= 15 is 0 Å². The average Bonchev–Trinajstić information content (AvgIpc) is 3.04. The maximum atomic E-state index is 12.7. The molecule has 0 amide bonds. The van der Waals surface area contributed by atoms with Crippen molar-refractivity contribution in [3.05, 3.63) is 76.5 Å². The fourth-order valence-corrected chi connectivity index (χ4v) is 2.67. The van der Waals surface area contributed by atoms with E-state index in [9.17, 15) is 9.59 Å². The van der Waals surface area contributed by atoms with Gasteiger partial charge < -0.3 is 13.6 Å². The molecule has 0 saturated heterocycles. The smallest absolute Gasteiger partial charge is 0.347 e. The minimum absolute atomic E-state index is 0.0623. The van der Waals surface area contributed by atoms with Gasteiger partial charge in [-0.3, -0.25) is 4.79 Å². The molecule has 0 atom stereocenters. The summed E-state index contributed by atoms with van der Waals surface area (Å²) < 4.78 is 15.8. The number of carbonyl (C=O) groups is 1. The molecule has 0 unspecified atom stereocenters. The van der Waals surface area contributed by atoms with E-state index in [-0.39, 0.29) is 11.3 Å². The molecule has 0 saturated carbocycles. The Kier molecular flexibility index (Phi) is 3.20. The lowest BCUT2D eigenvalue weighted by Gasteiger charge is -2.03. The Balaban J connectivity index is 1.88. The molecule has 0 aliphatic heterocycles. The Morgan fingerprint density at radius 3 is 2.71 bits per heavy atom. The van der Waals surface area contributed by atoms with Crippen LogP contribution in [0.25, 0.3) is 21.7 Å². The van der Waals surface area contributed by atoms with Gasteiger partial charge in [0.05, 0.1) is 13.4 Å². The summed E-state index contributed by atoms with van der Waals surface area (Å²) in [6, 6.07) is 13.9. The van der Waals surface area contributed by atoms with Gasteiger partial charge in [0.25, 0.3) is 0 Å². The van der Waals surface area contributed by atoms with Crippen LogP contribution in [0.15, 0.2) is 68.4 Å². The standard InChI is InChI=1S/C19H12O5/c1-22-13-7-6-11-8-15(19(21)24-16(11)9-13)17(20)18-14-5-3-2-4-12(14)10-23-18/h2-10H,1H3. The Bertz CT molecular complexity index is 1130. The molecule has 0 aliphatic carbocycles. The van der Waals surface area contributed by atoms with Crippen molar-refractivity contribution in [2.45, 2.75) is 0 Å². The quantitative estimate of drug-likeness (QED) is 0.424. The van der Waals surface area contributed by atoms with E-state index < -0.39 is 11.4 Å². The minimum atomic E-state index is -0.707. The Labute approximate surface area is 136 Å². The van der Waals surface area contributed by atoms with Crippen LogP contribution in [-0.2, 0) is 0 Å². The zero-order chi connectivity index (χ0) is 16.7. The van der Waals surface area contributed by atoms with Crippen LogP contribution >= 0.6 is 0 Å². The second-order valence-corrected chi connectivity index (χ2v) is 5.33. The predicted molar refractivity (Wildman–Crippen MR) is 88.7 cm³/mol. The van der Waals surface area contributed by atoms with E-state index in [4.69, 9.17) is 13.6 Å². The van der Waals surface area contributed by atoms with Gasteiger partial charge in [-0.2, -0.15) is 0 Å². The summed E-state index contributed by atoms with van der Waals surface area (Å²) in [5, 5.41) is 2.10. The molecule has 2 heterocycles. The normalized spacial score (nSPS) is 11.0. The maximum Gasteiger partial charge on any atom is 0.347 e. The maximum absolute atomic E-state index is 12.7. The molecular weight excluding hydrogens is 308 g/mol. The predicted octanol–water partition coefficient (Wildman–Crippen LogP) is 3.78. The summed E-state index contributed by atoms with van der Waals surface area (Å²) in [4.78, 5) is 25.0. The molecule has 0 N–H and O–H groups in total. The van der Waals surface area contributed by atoms with Crippen molar-refractivity contribution < 1.29 is 18.4 Å². The number of hydrogen-bond acceptors (Lipinski definition) is 5. The van der Waals surface area contributed by atoms with Crippen molar-refractivity contribution in [3.63, 3.8) is 0 Å². The molecule has 5 heteroatoms. The lowest BCUT2D eigenvalue weighted by molar-refractivity contribution is 0.101. The van der Waals surface area contributed by atoms with Crippen LogP contribution in [0.1, 0.15) is 16.1 Å². The lowest BCUT2D eigenvalue weighted by atomic mass is 10.1. The first-order valence-electron chi connectivity index (χ1n) is 7.30. The highest BCUT2D eigenvalue weighted by Crippen LogP contribution is 2.25. The van der Waals surface area contributed by atoms with Gasteiger partial charge in [0, 0.05) is 22.2 Å². The van der Waals surface area contributed by atoms with Crippen LogP contribution in [0.3, 0.4) is 0 Å². The fourth-order valence-electron chi connectivity index (χ4n) is 2.67. The molecule has 0 radical (unpaired) electrons. The summed E-state index contributed by atoms with van der Waals surface area (Å²) >= 11 is 0. The number of ketones is 1. The second-order valence-electron chi connectivity index (χ2n) is 5.33. The zero-order valence-electron chi connectivity index (χ0n) is 12.7. The van der Waals surface area contributed by atoms with Crippen LogP contribution in [0.5, 0.6) is 5.75 Å². The third-order valence-electron chi connectivity index (χ3n) is 3.90.